The number of aromatic nitrogens is 2. The lowest BCUT2D eigenvalue weighted by molar-refractivity contribution is 0.103. The van der Waals surface area contributed by atoms with Crippen LogP contribution in [0.1, 0.15) is 32.2 Å². The number of rotatable bonds is 4. The molecule has 5 rings (SSSR count). The van der Waals surface area contributed by atoms with Gasteiger partial charge in [0, 0.05) is 17.3 Å². The Morgan fingerprint density at radius 2 is 1.84 bits per heavy atom. The van der Waals surface area contributed by atoms with Crippen LogP contribution in [0.5, 0.6) is 0 Å². The van der Waals surface area contributed by atoms with Gasteiger partial charge in [0.15, 0.2) is 0 Å². The molecule has 3 aromatic heterocycles. The number of carbonyl (C=O) groups is 1. The lowest BCUT2D eigenvalue weighted by Crippen LogP contribution is -2.06. The maximum absolute atomic E-state index is 13.3. The lowest BCUT2D eigenvalue weighted by Gasteiger charge is -2.04. The van der Waals surface area contributed by atoms with Crippen LogP contribution in [0.3, 0.4) is 0 Å². The van der Waals surface area contributed by atoms with E-state index in [4.69, 9.17) is 0 Å². The maximum Gasteiger partial charge on any atom is 0.210 e. The molecule has 0 unspecified atom stereocenters. The molecule has 32 heavy (non-hydrogen) atoms. The van der Waals surface area contributed by atoms with Gasteiger partial charge in [0.25, 0.3) is 0 Å². The predicted molar refractivity (Wildman–Crippen MR) is 125 cm³/mol. The fourth-order valence-electron chi connectivity index (χ4n) is 3.83. The number of benzene rings is 2. The zero-order valence-electron chi connectivity index (χ0n) is 17.0. The number of pyridine rings is 1. The van der Waals surface area contributed by atoms with E-state index in [1.54, 1.807) is 6.08 Å². The highest BCUT2D eigenvalue weighted by atomic mass is 32.1. The van der Waals surface area contributed by atoms with Crippen LogP contribution >= 0.6 is 11.3 Å². The molecule has 0 bridgehead atoms. The molecule has 3 heterocycles. The van der Waals surface area contributed by atoms with Crippen molar-refractivity contribution in [3.8, 4) is 6.07 Å². The number of ketones is 1. The van der Waals surface area contributed by atoms with Crippen molar-refractivity contribution in [3.63, 3.8) is 0 Å². The fraction of sp³-hybridized carbons (Fsp3) is 0.0385. The molecular weight excluding hydrogens is 421 g/mol. The zero-order valence-corrected chi connectivity index (χ0v) is 17.9. The summed E-state index contributed by atoms with van der Waals surface area (Å²) < 4.78 is 16.2. The van der Waals surface area contributed by atoms with Crippen molar-refractivity contribution in [1.29, 1.82) is 5.26 Å². The zero-order chi connectivity index (χ0) is 22.2. The minimum atomic E-state index is -0.392. The van der Waals surface area contributed by atoms with Crippen LogP contribution in [0.15, 0.2) is 72.9 Å². The van der Waals surface area contributed by atoms with Crippen molar-refractivity contribution in [3.05, 3.63) is 106 Å². The third-order valence-electron chi connectivity index (χ3n) is 5.39. The Bertz CT molecular complexity index is 1540. The first-order chi connectivity index (χ1) is 15.6. The average molecular weight is 437 g/mol. The van der Waals surface area contributed by atoms with Gasteiger partial charge >= 0.3 is 0 Å². The Morgan fingerprint density at radius 3 is 2.59 bits per heavy atom. The molecule has 0 fully saturated rings. The molecule has 0 aliphatic heterocycles. The van der Waals surface area contributed by atoms with E-state index in [9.17, 15) is 14.4 Å². The van der Waals surface area contributed by atoms with Crippen molar-refractivity contribution in [1.82, 2.24) is 9.38 Å². The second-order valence-corrected chi connectivity index (χ2v) is 8.37. The molecule has 0 radical (unpaired) electrons. The molecule has 0 amide bonds. The molecular formula is C26H16FN3OS. The van der Waals surface area contributed by atoms with E-state index in [1.807, 2.05) is 60.0 Å². The first-order valence-corrected chi connectivity index (χ1v) is 10.8. The number of nitriles is 1. The molecule has 0 atom stereocenters. The molecule has 5 aromatic rings. The first kappa shape index (κ1) is 19.9. The summed E-state index contributed by atoms with van der Waals surface area (Å²) in [6, 6.07) is 21.2. The molecule has 0 aliphatic carbocycles. The summed E-state index contributed by atoms with van der Waals surface area (Å²) in [5, 5.41) is 10.5. The number of para-hydroxylation sites is 1. The topological polar surface area (TPSA) is 58.2 Å². The van der Waals surface area contributed by atoms with Gasteiger partial charge in [-0.2, -0.15) is 5.26 Å². The molecule has 0 saturated heterocycles. The summed E-state index contributed by atoms with van der Waals surface area (Å²) in [6.07, 6.45) is 3.62. The highest BCUT2D eigenvalue weighted by Gasteiger charge is 2.21. The summed E-state index contributed by atoms with van der Waals surface area (Å²) in [4.78, 5) is 17.9. The van der Waals surface area contributed by atoms with Gasteiger partial charge in [-0.1, -0.05) is 18.2 Å². The molecule has 0 N–H and O–H groups in total. The van der Waals surface area contributed by atoms with Crippen molar-refractivity contribution in [2.45, 2.75) is 6.92 Å². The second-order valence-electron chi connectivity index (χ2n) is 7.34. The molecule has 2 aromatic carbocycles. The predicted octanol–water partition coefficient (Wildman–Crippen LogP) is 6.29. The number of thiazole rings is 1. The van der Waals surface area contributed by atoms with Gasteiger partial charge in [-0.15, -0.1) is 11.3 Å². The molecule has 0 aliphatic rings. The minimum Gasteiger partial charge on any atom is -0.313 e. The number of hydrogen-bond acceptors (Lipinski definition) is 4. The van der Waals surface area contributed by atoms with Crippen LogP contribution in [0, 0.1) is 24.1 Å². The van der Waals surface area contributed by atoms with Gasteiger partial charge in [0.05, 0.1) is 27.0 Å². The summed E-state index contributed by atoms with van der Waals surface area (Å²) in [5.74, 6) is -0.599. The SMILES string of the molecule is Cc1c(C=C(C#N)c2nc3ccccc3s2)c2ccccn2c1C(=O)c1ccc(F)cc1. The van der Waals surface area contributed by atoms with Gasteiger partial charge in [-0.25, -0.2) is 9.37 Å². The molecule has 4 nitrogen and oxygen atoms in total. The Morgan fingerprint density at radius 1 is 1.09 bits per heavy atom. The van der Waals surface area contributed by atoms with Crippen LogP contribution in [0.25, 0.3) is 27.4 Å². The number of carbonyl (C=O) groups excluding carboxylic acids is 1. The maximum atomic E-state index is 13.3. The largest absolute Gasteiger partial charge is 0.313 e. The van der Waals surface area contributed by atoms with E-state index >= 15 is 0 Å². The van der Waals surface area contributed by atoms with Gasteiger partial charge in [0.1, 0.15) is 16.9 Å². The Balaban J connectivity index is 1.69. The van der Waals surface area contributed by atoms with E-state index in [-0.39, 0.29) is 5.78 Å². The number of allylic oxidation sites excluding steroid dienone is 1. The van der Waals surface area contributed by atoms with Crippen LogP contribution in [0.2, 0.25) is 0 Å². The normalized spacial score (nSPS) is 11.7. The first-order valence-electron chi connectivity index (χ1n) is 9.94. The Kier molecular flexibility index (Phi) is 4.89. The van der Waals surface area contributed by atoms with E-state index in [0.29, 0.717) is 21.8 Å². The molecule has 0 saturated carbocycles. The van der Waals surface area contributed by atoms with Crippen LogP contribution in [0.4, 0.5) is 4.39 Å². The quantitative estimate of drug-likeness (QED) is 0.245. The third kappa shape index (κ3) is 3.29. The van der Waals surface area contributed by atoms with Crippen molar-refractivity contribution in [2.75, 3.05) is 0 Å². The van der Waals surface area contributed by atoms with Gasteiger partial charge < -0.3 is 4.40 Å². The molecule has 0 spiro atoms. The highest BCUT2D eigenvalue weighted by Crippen LogP contribution is 2.32. The van der Waals surface area contributed by atoms with Crippen LogP contribution in [-0.4, -0.2) is 15.2 Å². The monoisotopic (exact) mass is 437 g/mol. The summed E-state index contributed by atoms with van der Waals surface area (Å²) >= 11 is 1.46. The number of hydrogen-bond donors (Lipinski definition) is 0. The average Bonchev–Trinajstić information content (AvgIpc) is 3.36. The lowest BCUT2D eigenvalue weighted by atomic mass is 10.0. The van der Waals surface area contributed by atoms with Crippen LogP contribution < -0.4 is 0 Å². The minimum absolute atomic E-state index is 0.207. The van der Waals surface area contributed by atoms with Gasteiger partial charge in [-0.05, 0) is 67.1 Å². The van der Waals surface area contributed by atoms with E-state index in [1.165, 1.54) is 35.6 Å². The van der Waals surface area contributed by atoms with Crippen molar-refractivity contribution < 1.29 is 9.18 Å². The highest BCUT2D eigenvalue weighted by molar-refractivity contribution is 7.19. The van der Waals surface area contributed by atoms with E-state index in [0.717, 1.165) is 26.9 Å². The van der Waals surface area contributed by atoms with Gasteiger partial charge in [0.2, 0.25) is 5.78 Å². The third-order valence-corrected chi connectivity index (χ3v) is 6.46. The summed E-state index contributed by atoms with van der Waals surface area (Å²) in [6.45, 7) is 1.86. The van der Waals surface area contributed by atoms with Crippen LogP contribution in [-0.2, 0) is 0 Å². The Hall–Kier alpha value is -4.08. The summed E-state index contributed by atoms with van der Waals surface area (Å²) in [5.41, 5.74) is 4.52. The second kappa shape index (κ2) is 7.88. The van der Waals surface area contributed by atoms with Gasteiger partial charge in [-0.3, -0.25) is 4.79 Å². The number of fused-ring (bicyclic) bond motifs is 2. The Labute approximate surface area is 187 Å². The van der Waals surface area contributed by atoms with E-state index in [2.05, 4.69) is 11.1 Å². The standard InChI is InChI=1S/C26H16FN3OS/c1-16-20(14-18(15-28)26-29-21-6-2-3-8-23(21)32-26)22-7-4-5-13-30(22)24(16)25(31)17-9-11-19(27)12-10-17/h2-14H,1H3. The molecule has 6 heteroatoms. The van der Waals surface area contributed by atoms with Crippen molar-refractivity contribution in [2.24, 2.45) is 0 Å². The smallest absolute Gasteiger partial charge is 0.210 e. The number of nitrogens with zero attached hydrogens (tertiary/aromatic N) is 3. The summed E-state index contributed by atoms with van der Waals surface area (Å²) in [7, 11) is 0. The number of halogens is 1. The molecule has 154 valence electrons. The fourth-order valence-corrected chi connectivity index (χ4v) is 4.76. The van der Waals surface area contributed by atoms with E-state index < -0.39 is 5.82 Å². The van der Waals surface area contributed by atoms with Crippen molar-refractivity contribution >= 4 is 44.5 Å².